The Hall–Kier alpha value is -1.89. The third-order valence-corrected chi connectivity index (χ3v) is 5.56. The summed E-state index contributed by atoms with van der Waals surface area (Å²) in [6.07, 6.45) is 0.594. The average Bonchev–Trinajstić information content (AvgIpc) is 3.18. The summed E-state index contributed by atoms with van der Waals surface area (Å²) < 4.78 is 0. The number of thiophene rings is 1. The SMILES string of the molecule is CCNC(=NCC(O)CN1CCc2ccccc2C1)N(C)Cc1ccsc1. The third kappa shape index (κ3) is 5.79. The number of guanidine groups is 1. The summed E-state index contributed by atoms with van der Waals surface area (Å²) in [4.78, 5) is 9.09. The Bertz CT molecular complexity index is 732. The predicted octanol–water partition coefficient (Wildman–Crippen LogP) is 2.56. The number of fused-ring (bicyclic) bond motifs is 1. The number of nitrogens with zero attached hydrogens (tertiary/aromatic N) is 3. The van der Waals surface area contributed by atoms with Gasteiger partial charge in [-0.25, -0.2) is 0 Å². The molecule has 1 unspecified atom stereocenters. The highest BCUT2D eigenvalue weighted by Crippen LogP contribution is 2.18. The molecule has 1 aromatic carbocycles. The molecule has 6 heteroatoms. The normalized spacial score (nSPS) is 16.0. The van der Waals surface area contributed by atoms with E-state index < -0.39 is 6.10 Å². The van der Waals surface area contributed by atoms with Gasteiger partial charge in [-0.3, -0.25) is 9.89 Å². The maximum absolute atomic E-state index is 10.5. The van der Waals surface area contributed by atoms with Crippen molar-refractivity contribution in [3.8, 4) is 0 Å². The van der Waals surface area contributed by atoms with Crippen molar-refractivity contribution >= 4 is 17.3 Å². The van der Waals surface area contributed by atoms with Gasteiger partial charge < -0.3 is 15.3 Å². The highest BCUT2D eigenvalue weighted by molar-refractivity contribution is 7.07. The van der Waals surface area contributed by atoms with E-state index in [4.69, 9.17) is 0 Å². The van der Waals surface area contributed by atoms with E-state index in [0.29, 0.717) is 13.1 Å². The summed E-state index contributed by atoms with van der Waals surface area (Å²) in [5, 5.41) is 18.1. The first-order valence-electron chi connectivity index (χ1n) is 9.63. The third-order valence-electron chi connectivity index (χ3n) is 4.83. The minimum atomic E-state index is -0.460. The van der Waals surface area contributed by atoms with Gasteiger partial charge in [0.15, 0.2) is 5.96 Å². The fourth-order valence-electron chi connectivity index (χ4n) is 3.46. The zero-order chi connectivity index (χ0) is 19.1. The zero-order valence-electron chi connectivity index (χ0n) is 16.3. The molecule has 0 amide bonds. The lowest BCUT2D eigenvalue weighted by Gasteiger charge is -2.30. The van der Waals surface area contributed by atoms with Crippen LogP contribution in [0.4, 0.5) is 0 Å². The fourth-order valence-corrected chi connectivity index (χ4v) is 4.12. The second kappa shape index (κ2) is 9.88. The van der Waals surface area contributed by atoms with Gasteiger partial charge in [-0.05, 0) is 46.9 Å². The first kappa shape index (κ1) is 19.9. The summed E-state index contributed by atoms with van der Waals surface area (Å²) >= 11 is 1.71. The summed E-state index contributed by atoms with van der Waals surface area (Å²) in [6.45, 7) is 6.67. The van der Waals surface area contributed by atoms with Crippen molar-refractivity contribution in [2.75, 3.05) is 33.2 Å². The van der Waals surface area contributed by atoms with Crippen LogP contribution >= 0.6 is 11.3 Å². The molecule has 1 aliphatic rings. The smallest absolute Gasteiger partial charge is 0.194 e. The van der Waals surface area contributed by atoms with Crippen molar-refractivity contribution in [2.24, 2.45) is 4.99 Å². The molecule has 146 valence electrons. The van der Waals surface area contributed by atoms with Crippen LogP contribution in [0.15, 0.2) is 46.1 Å². The van der Waals surface area contributed by atoms with Crippen molar-refractivity contribution < 1.29 is 5.11 Å². The number of benzene rings is 1. The second-order valence-electron chi connectivity index (χ2n) is 7.09. The molecule has 2 aromatic rings. The Morgan fingerprint density at radius 2 is 2.15 bits per heavy atom. The van der Waals surface area contributed by atoms with Gasteiger partial charge in [0.05, 0.1) is 12.6 Å². The molecule has 1 aromatic heterocycles. The number of β-amino-alcohol motifs (C(OH)–C–C–N with tert-alkyl or cyclic N) is 1. The summed E-state index contributed by atoms with van der Waals surface area (Å²) in [5.41, 5.74) is 4.09. The van der Waals surface area contributed by atoms with Gasteiger partial charge in [-0.15, -0.1) is 0 Å². The number of aliphatic imine (C=N–C) groups is 1. The van der Waals surface area contributed by atoms with Crippen LogP contribution in [0.2, 0.25) is 0 Å². The van der Waals surface area contributed by atoms with Crippen molar-refractivity contribution in [2.45, 2.75) is 32.5 Å². The van der Waals surface area contributed by atoms with E-state index in [0.717, 1.165) is 38.6 Å². The molecule has 3 rings (SSSR count). The minimum absolute atomic E-state index is 0.411. The van der Waals surface area contributed by atoms with Gasteiger partial charge >= 0.3 is 0 Å². The molecule has 0 fully saturated rings. The van der Waals surface area contributed by atoms with E-state index >= 15 is 0 Å². The Morgan fingerprint density at radius 3 is 2.89 bits per heavy atom. The number of rotatable bonds is 7. The zero-order valence-corrected chi connectivity index (χ0v) is 17.1. The highest BCUT2D eigenvalue weighted by Gasteiger charge is 2.18. The predicted molar refractivity (Wildman–Crippen MR) is 113 cm³/mol. The molecule has 0 saturated heterocycles. The molecule has 0 spiro atoms. The van der Waals surface area contributed by atoms with Crippen LogP contribution < -0.4 is 5.32 Å². The molecule has 27 heavy (non-hydrogen) atoms. The van der Waals surface area contributed by atoms with Crippen molar-refractivity contribution in [1.29, 1.82) is 0 Å². The fraction of sp³-hybridized carbons (Fsp3) is 0.476. The summed E-state index contributed by atoms with van der Waals surface area (Å²) in [7, 11) is 2.03. The minimum Gasteiger partial charge on any atom is -0.390 e. The summed E-state index contributed by atoms with van der Waals surface area (Å²) in [6, 6.07) is 10.7. The molecule has 1 atom stereocenters. The van der Waals surface area contributed by atoms with Gasteiger partial charge in [-0.2, -0.15) is 11.3 Å². The van der Waals surface area contributed by atoms with Crippen molar-refractivity contribution in [3.63, 3.8) is 0 Å². The van der Waals surface area contributed by atoms with Crippen molar-refractivity contribution in [3.05, 3.63) is 57.8 Å². The van der Waals surface area contributed by atoms with E-state index in [1.54, 1.807) is 11.3 Å². The quantitative estimate of drug-likeness (QED) is 0.567. The molecule has 0 aliphatic carbocycles. The lowest BCUT2D eigenvalue weighted by atomic mass is 10.00. The van der Waals surface area contributed by atoms with E-state index in [1.165, 1.54) is 16.7 Å². The van der Waals surface area contributed by atoms with Gasteiger partial charge in [0, 0.05) is 39.8 Å². The first-order chi connectivity index (χ1) is 13.2. The van der Waals surface area contributed by atoms with Crippen molar-refractivity contribution in [1.82, 2.24) is 15.1 Å². The lowest BCUT2D eigenvalue weighted by molar-refractivity contribution is 0.111. The van der Waals surface area contributed by atoms with E-state index in [2.05, 4.69) is 68.1 Å². The van der Waals surface area contributed by atoms with Crippen LogP contribution in [0.25, 0.3) is 0 Å². The molecular weight excluding hydrogens is 356 g/mol. The second-order valence-corrected chi connectivity index (χ2v) is 7.87. The lowest BCUT2D eigenvalue weighted by Crippen LogP contribution is -2.40. The monoisotopic (exact) mass is 386 g/mol. The average molecular weight is 387 g/mol. The molecule has 0 saturated carbocycles. The Balaban J connectivity index is 1.53. The van der Waals surface area contributed by atoms with Crippen LogP contribution in [0, 0.1) is 0 Å². The summed E-state index contributed by atoms with van der Waals surface area (Å²) in [5.74, 6) is 0.840. The van der Waals surface area contributed by atoms with E-state index in [-0.39, 0.29) is 0 Å². The molecular formula is C21H30N4OS. The van der Waals surface area contributed by atoms with Gasteiger partial charge in [-0.1, -0.05) is 24.3 Å². The molecule has 2 N–H and O–H groups in total. The van der Waals surface area contributed by atoms with Gasteiger partial charge in [0.2, 0.25) is 0 Å². The topological polar surface area (TPSA) is 51.1 Å². The molecule has 2 heterocycles. The Morgan fingerprint density at radius 1 is 1.33 bits per heavy atom. The Kier molecular flexibility index (Phi) is 7.26. The maximum atomic E-state index is 10.5. The molecule has 0 radical (unpaired) electrons. The highest BCUT2D eigenvalue weighted by atomic mass is 32.1. The number of aliphatic hydroxyl groups is 1. The molecule has 5 nitrogen and oxygen atoms in total. The van der Waals surface area contributed by atoms with E-state index in [9.17, 15) is 5.11 Å². The van der Waals surface area contributed by atoms with Crippen LogP contribution in [0.5, 0.6) is 0 Å². The molecule has 1 aliphatic heterocycles. The number of nitrogens with one attached hydrogen (secondary N) is 1. The Labute approximate surface area is 166 Å². The van der Waals surface area contributed by atoms with Gasteiger partial charge in [0.1, 0.15) is 0 Å². The number of hydrogen-bond acceptors (Lipinski definition) is 4. The number of aliphatic hydroxyl groups excluding tert-OH is 1. The number of hydrogen-bond donors (Lipinski definition) is 2. The van der Waals surface area contributed by atoms with Crippen LogP contribution in [-0.2, 0) is 19.5 Å². The standard InChI is InChI=1S/C21H30N4OS/c1-3-22-21(24(2)13-17-9-11-27-16-17)23-12-20(26)15-25-10-8-18-6-4-5-7-19(18)14-25/h4-7,9,11,16,20,26H,3,8,10,12-15H2,1-2H3,(H,22,23). The first-order valence-corrected chi connectivity index (χ1v) is 10.6. The van der Waals surface area contributed by atoms with Crippen LogP contribution in [0.3, 0.4) is 0 Å². The maximum Gasteiger partial charge on any atom is 0.194 e. The van der Waals surface area contributed by atoms with Gasteiger partial charge in [0.25, 0.3) is 0 Å². The van der Waals surface area contributed by atoms with Crippen LogP contribution in [0.1, 0.15) is 23.6 Å². The van der Waals surface area contributed by atoms with E-state index in [1.807, 2.05) is 7.05 Å². The molecule has 0 bridgehead atoms. The largest absolute Gasteiger partial charge is 0.390 e. The van der Waals surface area contributed by atoms with Crippen LogP contribution in [-0.4, -0.2) is 60.2 Å².